The zero-order valence-electron chi connectivity index (χ0n) is 19.9. The van der Waals surface area contributed by atoms with Crippen molar-refractivity contribution < 1.29 is 14.3 Å². The number of hydrogen-bond donors (Lipinski definition) is 1. The quantitative estimate of drug-likeness (QED) is 0.539. The number of methoxy groups -OCH3 is 1. The summed E-state index contributed by atoms with van der Waals surface area (Å²) in [6.45, 7) is 4.20. The van der Waals surface area contributed by atoms with E-state index >= 15 is 0 Å². The molecule has 0 atom stereocenters. The van der Waals surface area contributed by atoms with Gasteiger partial charge in [0.15, 0.2) is 0 Å². The Balaban J connectivity index is 1.44. The van der Waals surface area contributed by atoms with Gasteiger partial charge < -0.3 is 9.64 Å². The number of amides is 2. The highest BCUT2D eigenvalue weighted by molar-refractivity contribution is 5.94. The molecule has 3 aromatic rings. The Morgan fingerprint density at radius 3 is 2.41 bits per heavy atom. The van der Waals surface area contributed by atoms with Gasteiger partial charge in [0.05, 0.1) is 12.8 Å². The molecule has 2 amide bonds. The zero-order chi connectivity index (χ0) is 23.8. The van der Waals surface area contributed by atoms with Crippen LogP contribution in [-0.4, -0.2) is 46.0 Å². The summed E-state index contributed by atoms with van der Waals surface area (Å²) >= 11 is 0. The molecule has 0 saturated heterocycles. The molecule has 2 aliphatic carbocycles. The summed E-state index contributed by atoms with van der Waals surface area (Å²) in [5, 5.41) is 2.98. The summed E-state index contributed by atoms with van der Waals surface area (Å²) in [5.74, 6) is 1.21. The van der Waals surface area contributed by atoms with Gasteiger partial charge in [-0.15, -0.1) is 0 Å². The molecule has 0 radical (unpaired) electrons. The summed E-state index contributed by atoms with van der Waals surface area (Å²) in [7, 11) is 1.63. The Hall–Kier alpha value is -3.61. The van der Waals surface area contributed by atoms with Gasteiger partial charge >= 0.3 is 0 Å². The Morgan fingerprint density at radius 2 is 1.79 bits per heavy atom. The molecule has 0 aliphatic heterocycles. The van der Waals surface area contributed by atoms with E-state index in [1.807, 2.05) is 41.1 Å². The first kappa shape index (κ1) is 22.2. The molecule has 1 aromatic heterocycles. The van der Waals surface area contributed by atoms with Gasteiger partial charge in [0.2, 0.25) is 17.8 Å². The number of hydrogen-bond acceptors (Lipinski definition) is 4. The van der Waals surface area contributed by atoms with Crippen molar-refractivity contribution in [2.24, 2.45) is 5.92 Å². The minimum Gasteiger partial charge on any atom is -0.497 e. The van der Waals surface area contributed by atoms with Gasteiger partial charge in [0.1, 0.15) is 12.3 Å². The van der Waals surface area contributed by atoms with Crippen molar-refractivity contribution in [2.75, 3.05) is 19.0 Å². The van der Waals surface area contributed by atoms with Crippen molar-refractivity contribution in [3.05, 3.63) is 59.8 Å². The Kier molecular flexibility index (Phi) is 5.86. The normalized spacial score (nSPS) is 15.1. The lowest BCUT2D eigenvalue weighted by atomic mass is 10.1. The van der Waals surface area contributed by atoms with E-state index in [0.29, 0.717) is 5.95 Å². The van der Waals surface area contributed by atoms with Crippen LogP contribution in [0.3, 0.4) is 0 Å². The number of nitrogens with zero attached hydrogens (tertiary/aromatic N) is 3. The molecule has 7 heteroatoms. The first-order chi connectivity index (χ1) is 16.4. The second-order valence-electron chi connectivity index (χ2n) is 9.34. The van der Waals surface area contributed by atoms with Crippen LogP contribution >= 0.6 is 0 Å². The number of carbonyl (C=O) groups excluding carboxylic acids is 2. The number of benzene rings is 2. The number of aromatic nitrogens is 2. The first-order valence-electron chi connectivity index (χ1n) is 11.8. The third-order valence-corrected chi connectivity index (χ3v) is 6.62. The molecule has 5 rings (SSSR count). The van der Waals surface area contributed by atoms with Crippen LogP contribution < -0.4 is 10.1 Å². The minimum atomic E-state index is -0.224. The SMILES string of the molecule is COc1ccc(-c2cn(-c3ccc(C)c(C)c3)c(NC(=O)CN(C(=O)C3CC3)C3CC3)n2)cc1. The van der Waals surface area contributed by atoms with Gasteiger partial charge in [-0.3, -0.25) is 19.5 Å². The van der Waals surface area contributed by atoms with Gasteiger partial charge in [0.25, 0.3) is 0 Å². The van der Waals surface area contributed by atoms with Gasteiger partial charge in [-0.05, 0) is 87.1 Å². The fraction of sp³-hybridized carbons (Fsp3) is 0.370. The topological polar surface area (TPSA) is 76.5 Å². The molecule has 1 N–H and O–H groups in total. The second kappa shape index (κ2) is 8.97. The van der Waals surface area contributed by atoms with Gasteiger partial charge in [0, 0.05) is 29.4 Å². The summed E-state index contributed by atoms with van der Waals surface area (Å²) in [6, 6.07) is 14.0. The molecular formula is C27H30N4O3. The van der Waals surface area contributed by atoms with Crippen molar-refractivity contribution in [3.63, 3.8) is 0 Å². The van der Waals surface area contributed by atoms with E-state index in [0.717, 1.165) is 53.9 Å². The average Bonchev–Trinajstić information content (AvgIpc) is 3.76. The third-order valence-electron chi connectivity index (χ3n) is 6.62. The zero-order valence-corrected chi connectivity index (χ0v) is 19.9. The Labute approximate surface area is 199 Å². The predicted molar refractivity (Wildman–Crippen MR) is 131 cm³/mol. The summed E-state index contributed by atoms with van der Waals surface area (Å²) in [6.07, 6.45) is 5.75. The van der Waals surface area contributed by atoms with Crippen molar-refractivity contribution >= 4 is 17.8 Å². The van der Waals surface area contributed by atoms with Crippen molar-refractivity contribution in [1.82, 2.24) is 14.5 Å². The maximum atomic E-state index is 13.1. The smallest absolute Gasteiger partial charge is 0.246 e. The highest BCUT2D eigenvalue weighted by Gasteiger charge is 2.40. The molecule has 2 aliphatic rings. The minimum absolute atomic E-state index is 0.0671. The molecule has 0 unspecified atom stereocenters. The van der Waals surface area contributed by atoms with Crippen LogP contribution in [0.1, 0.15) is 36.8 Å². The lowest BCUT2D eigenvalue weighted by molar-refractivity contribution is -0.136. The Morgan fingerprint density at radius 1 is 1.06 bits per heavy atom. The number of imidazole rings is 1. The molecule has 176 valence electrons. The molecule has 0 spiro atoms. The highest BCUT2D eigenvalue weighted by atomic mass is 16.5. The van der Waals surface area contributed by atoms with E-state index in [-0.39, 0.29) is 30.3 Å². The molecule has 7 nitrogen and oxygen atoms in total. The van der Waals surface area contributed by atoms with E-state index in [4.69, 9.17) is 9.72 Å². The molecular weight excluding hydrogens is 428 g/mol. The molecule has 2 aromatic carbocycles. The summed E-state index contributed by atoms with van der Waals surface area (Å²) in [4.78, 5) is 32.3. The maximum Gasteiger partial charge on any atom is 0.246 e. The third kappa shape index (κ3) is 4.69. The second-order valence-corrected chi connectivity index (χ2v) is 9.34. The van der Waals surface area contributed by atoms with E-state index in [1.54, 1.807) is 12.0 Å². The van der Waals surface area contributed by atoms with Crippen LogP contribution in [-0.2, 0) is 9.59 Å². The number of ether oxygens (including phenoxy) is 1. The first-order valence-corrected chi connectivity index (χ1v) is 11.8. The van der Waals surface area contributed by atoms with Crippen LogP contribution in [0.25, 0.3) is 16.9 Å². The number of anilines is 1. The largest absolute Gasteiger partial charge is 0.497 e. The van der Waals surface area contributed by atoms with Gasteiger partial charge in [-0.25, -0.2) is 4.98 Å². The van der Waals surface area contributed by atoms with Crippen LogP contribution in [0.5, 0.6) is 5.75 Å². The number of carbonyl (C=O) groups is 2. The summed E-state index contributed by atoms with van der Waals surface area (Å²) in [5.41, 5.74) is 4.93. The standard InChI is InChI=1S/C27H30N4O3/c1-17-4-9-22(14-18(17)2)31-15-24(19-7-12-23(34-3)13-8-19)28-27(31)29-25(32)16-30(21-10-11-21)26(33)20-5-6-20/h4,7-9,12-15,20-21H,5-6,10-11,16H2,1-3H3,(H,28,29,32). The van der Waals surface area contributed by atoms with Crippen molar-refractivity contribution in [3.8, 4) is 22.7 Å². The van der Waals surface area contributed by atoms with E-state index in [1.165, 1.54) is 5.56 Å². The molecule has 1 heterocycles. The molecule has 2 saturated carbocycles. The highest BCUT2D eigenvalue weighted by Crippen LogP contribution is 2.36. The predicted octanol–water partition coefficient (Wildman–Crippen LogP) is 4.50. The molecule has 0 bridgehead atoms. The van der Waals surface area contributed by atoms with Crippen LogP contribution in [0.2, 0.25) is 0 Å². The lowest BCUT2D eigenvalue weighted by Gasteiger charge is -2.21. The molecule has 34 heavy (non-hydrogen) atoms. The van der Waals surface area contributed by atoms with Crippen LogP contribution in [0, 0.1) is 19.8 Å². The van der Waals surface area contributed by atoms with Crippen molar-refractivity contribution in [1.29, 1.82) is 0 Å². The van der Waals surface area contributed by atoms with Gasteiger partial charge in [-0.1, -0.05) is 6.07 Å². The summed E-state index contributed by atoms with van der Waals surface area (Å²) < 4.78 is 7.16. The Bertz CT molecular complexity index is 1220. The van der Waals surface area contributed by atoms with E-state index in [2.05, 4.69) is 31.3 Å². The lowest BCUT2D eigenvalue weighted by Crippen LogP contribution is -2.40. The van der Waals surface area contributed by atoms with E-state index < -0.39 is 0 Å². The number of rotatable bonds is 8. The fourth-order valence-electron chi connectivity index (χ4n) is 4.10. The monoisotopic (exact) mass is 458 g/mol. The molecule has 2 fully saturated rings. The van der Waals surface area contributed by atoms with Crippen LogP contribution in [0.15, 0.2) is 48.7 Å². The van der Waals surface area contributed by atoms with Crippen molar-refractivity contribution in [2.45, 2.75) is 45.6 Å². The van der Waals surface area contributed by atoms with E-state index in [9.17, 15) is 9.59 Å². The fourth-order valence-corrected chi connectivity index (χ4v) is 4.10. The maximum absolute atomic E-state index is 13.1. The van der Waals surface area contributed by atoms with Gasteiger partial charge in [-0.2, -0.15) is 0 Å². The number of nitrogens with one attached hydrogen (secondary N) is 1. The average molecular weight is 459 g/mol. The number of aryl methyl sites for hydroxylation is 2. The van der Waals surface area contributed by atoms with Crippen LogP contribution in [0.4, 0.5) is 5.95 Å².